The number of nitrogens with zero attached hydrogens (tertiary/aromatic N) is 5. The van der Waals surface area contributed by atoms with E-state index in [0.717, 1.165) is 22.4 Å². The number of nitrogens with one attached hydrogen (secondary N) is 1. The van der Waals surface area contributed by atoms with Crippen LogP contribution in [0.4, 0.5) is 6.01 Å². The highest BCUT2D eigenvalue weighted by molar-refractivity contribution is 6.16. The number of ketones is 1. The summed E-state index contributed by atoms with van der Waals surface area (Å²) in [6, 6.07) is 22.8. The molecule has 0 spiro atoms. The number of hydrogen-bond donors (Lipinski definition) is 1. The third-order valence-corrected chi connectivity index (χ3v) is 5.04. The van der Waals surface area contributed by atoms with Crippen LogP contribution in [0.3, 0.4) is 0 Å². The lowest BCUT2D eigenvalue weighted by molar-refractivity contribution is -0.119. The summed E-state index contributed by atoms with van der Waals surface area (Å²) in [6.07, 6.45) is 0.765. The van der Waals surface area contributed by atoms with Gasteiger partial charge in [0, 0.05) is 23.7 Å². The van der Waals surface area contributed by atoms with Crippen LogP contribution in [0, 0.1) is 11.3 Å². The fourth-order valence-electron chi connectivity index (χ4n) is 3.49. The third-order valence-electron chi connectivity index (χ3n) is 5.04. The highest BCUT2D eigenvalue weighted by atomic mass is 16.4. The van der Waals surface area contributed by atoms with Gasteiger partial charge in [-0.05, 0) is 17.7 Å². The lowest BCUT2D eigenvalue weighted by atomic mass is 9.96. The first kappa shape index (κ1) is 19.3. The molecule has 1 N–H and O–H groups in total. The summed E-state index contributed by atoms with van der Waals surface area (Å²) in [5, 5.41) is 19.8. The minimum absolute atomic E-state index is 0.0617. The number of hydrogen-bond acceptors (Lipinski definition) is 8. The summed E-state index contributed by atoms with van der Waals surface area (Å²) in [6.45, 7) is 0. The second-order valence-electron chi connectivity index (χ2n) is 7.15. The summed E-state index contributed by atoms with van der Waals surface area (Å²) in [4.78, 5) is 21.9. The van der Waals surface area contributed by atoms with Gasteiger partial charge in [-0.15, -0.1) is 5.10 Å². The van der Waals surface area contributed by atoms with Crippen LogP contribution in [0.1, 0.15) is 22.3 Å². The molecule has 32 heavy (non-hydrogen) atoms. The number of carbonyl (C=O) groups is 1. The van der Waals surface area contributed by atoms with Gasteiger partial charge in [0.15, 0.2) is 11.9 Å². The maximum atomic E-state index is 13.0. The summed E-state index contributed by atoms with van der Waals surface area (Å²) < 4.78 is 5.65. The summed E-state index contributed by atoms with van der Waals surface area (Å²) in [7, 11) is 0. The zero-order valence-electron chi connectivity index (χ0n) is 16.8. The maximum absolute atomic E-state index is 13.0. The number of Topliss-reactive ketones (excluding diaryl/α,β-unsaturated/α-hetero) is 1. The highest BCUT2D eigenvalue weighted by Crippen LogP contribution is 2.23. The van der Waals surface area contributed by atoms with E-state index < -0.39 is 6.17 Å². The lowest BCUT2D eigenvalue weighted by Gasteiger charge is -2.11. The van der Waals surface area contributed by atoms with Gasteiger partial charge in [0.25, 0.3) is 5.89 Å². The van der Waals surface area contributed by atoms with Gasteiger partial charge in [0.1, 0.15) is 11.8 Å². The van der Waals surface area contributed by atoms with E-state index in [0.29, 0.717) is 11.3 Å². The van der Waals surface area contributed by atoms with E-state index in [1.54, 1.807) is 12.1 Å². The van der Waals surface area contributed by atoms with E-state index in [-0.39, 0.29) is 24.1 Å². The number of aliphatic imine (C=N–C) groups is 1. The van der Waals surface area contributed by atoms with Crippen LogP contribution in [-0.2, 0) is 11.2 Å². The largest absolute Gasteiger partial charge is 0.402 e. The predicted molar refractivity (Wildman–Crippen MR) is 117 cm³/mol. The van der Waals surface area contributed by atoms with Gasteiger partial charge in [-0.1, -0.05) is 59.7 Å². The SMILES string of the molecule is N#Cc1ccc(-c2nnc(N[C@H]3N=C(c4ccccc4)c4ccccc4CC3=O)o2)nc1. The first-order chi connectivity index (χ1) is 15.7. The van der Waals surface area contributed by atoms with E-state index >= 15 is 0 Å². The molecule has 2 aromatic carbocycles. The van der Waals surface area contributed by atoms with E-state index in [1.165, 1.54) is 6.20 Å². The van der Waals surface area contributed by atoms with Gasteiger partial charge in [-0.25, -0.2) is 4.98 Å². The van der Waals surface area contributed by atoms with Gasteiger partial charge < -0.3 is 9.73 Å². The number of benzene rings is 2. The Labute approximate surface area is 183 Å². The molecule has 1 atom stereocenters. The monoisotopic (exact) mass is 420 g/mol. The molecule has 154 valence electrons. The smallest absolute Gasteiger partial charge is 0.317 e. The molecule has 1 aliphatic heterocycles. The summed E-state index contributed by atoms with van der Waals surface area (Å²) in [5.41, 5.74) is 4.32. The molecule has 2 aromatic heterocycles. The molecule has 4 aromatic rings. The van der Waals surface area contributed by atoms with Crippen molar-refractivity contribution < 1.29 is 9.21 Å². The van der Waals surface area contributed by atoms with Crippen molar-refractivity contribution in [2.24, 2.45) is 4.99 Å². The molecule has 0 radical (unpaired) electrons. The van der Waals surface area contributed by atoms with E-state index in [9.17, 15) is 4.79 Å². The van der Waals surface area contributed by atoms with Crippen LogP contribution in [0.5, 0.6) is 0 Å². The van der Waals surface area contributed by atoms with E-state index in [4.69, 9.17) is 14.7 Å². The first-order valence-corrected chi connectivity index (χ1v) is 9.92. The van der Waals surface area contributed by atoms with Crippen molar-refractivity contribution in [2.45, 2.75) is 12.6 Å². The second kappa shape index (κ2) is 8.24. The second-order valence-corrected chi connectivity index (χ2v) is 7.15. The van der Waals surface area contributed by atoms with E-state index in [1.807, 2.05) is 60.7 Å². The fraction of sp³-hybridized carbons (Fsp3) is 0.0833. The molecule has 0 bridgehead atoms. The topological polar surface area (TPSA) is 117 Å². The summed E-state index contributed by atoms with van der Waals surface area (Å²) >= 11 is 0. The maximum Gasteiger partial charge on any atom is 0.317 e. The number of pyridine rings is 1. The zero-order valence-corrected chi connectivity index (χ0v) is 16.8. The van der Waals surface area contributed by atoms with Crippen molar-refractivity contribution >= 4 is 17.5 Å². The molecule has 0 aliphatic carbocycles. The molecule has 1 aliphatic rings. The van der Waals surface area contributed by atoms with Crippen molar-refractivity contribution in [3.63, 3.8) is 0 Å². The summed E-state index contributed by atoms with van der Waals surface area (Å²) in [5.74, 6) is 0.0632. The average Bonchev–Trinajstić information content (AvgIpc) is 3.26. The number of aromatic nitrogens is 3. The molecule has 8 heteroatoms. The Morgan fingerprint density at radius 2 is 1.81 bits per heavy atom. The Hall–Kier alpha value is -4.64. The minimum Gasteiger partial charge on any atom is -0.402 e. The number of carbonyl (C=O) groups excluding carboxylic acids is 1. The van der Waals surface area contributed by atoms with Gasteiger partial charge in [0.05, 0.1) is 11.3 Å². The Balaban J connectivity index is 1.48. The van der Waals surface area contributed by atoms with Gasteiger partial charge in [-0.2, -0.15) is 5.26 Å². The zero-order chi connectivity index (χ0) is 21.9. The van der Waals surface area contributed by atoms with Gasteiger partial charge in [0.2, 0.25) is 0 Å². The van der Waals surface area contributed by atoms with E-state index in [2.05, 4.69) is 20.5 Å². The number of rotatable bonds is 4. The van der Waals surface area contributed by atoms with Crippen molar-refractivity contribution in [1.82, 2.24) is 15.2 Å². The number of fused-ring (bicyclic) bond motifs is 1. The van der Waals surface area contributed by atoms with Crippen molar-refractivity contribution in [1.29, 1.82) is 5.26 Å². The van der Waals surface area contributed by atoms with Crippen molar-refractivity contribution in [3.8, 4) is 17.7 Å². The van der Waals surface area contributed by atoms with Crippen molar-refractivity contribution in [2.75, 3.05) is 5.32 Å². The van der Waals surface area contributed by atoms with Crippen LogP contribution in [0.15, 0.2) is 82.3 Å². The lowest BCUT2D eigenvalue weighted by Crippen LogP contribution is -2.29. The molecule has 0 amide bonds. The molecule has 0 fully saturated rings. The van der Waals surface area contributed by atoms with Crippen LogP contribution in [-0.4, -0.2) is 32.8 Å². The molecule has 0 saturated heterocycles. The normalized spacial score (nSPS) is 15.3. The van der Waals surface area contributed by atoms with Crippen LogP contribution >= 0.6 is 0 Å². The van der Waals surface area contributed by atoms with Crippen LogP contribution in [0.2, 0.25) is 0 Å². The Bertz CT molecular complexity index is 1350. The standard InChI is InChI=1S/C24H16N6O2/c25-13-15-10-11-19(26-14-15)23-29-30-24(32-23)28-22-20(31)12-17-8-4-5-9-18(17)21(27-22)16-6-2-1-3-7-16/h1-11,14,22H,12H2,(H,28,30)/t22-/m1/s1. The van der Waals surface area contributed by atoms with Gasteiger partial charge in [-0.3, -0.25) is 9.79 Å². The Kier molecular flexibility index (Phi) is 4.98. The Morgan fingerprint density at radius 3 is 2.59 bits per heavy atom. The number of nitriles is 1. The highest BCUT2D eigenvalue weighted by Gasteiger charge is 2.27. The third kappa shape index (κ3) is 3.75. The molecule has 3 heterocycles. The van der Waals surface area contributed by atoms with Gasteiger partial charge >= 0.3 is 6.01 Å². The van der Waals surface area contributed by atoms with Crippen LogP contribution in [0.25, 0.3) is 11.6 Å². The fourth-order valence-corrected chi connectivity index (χ4v) is 3.49. The van der Waals surface area contributed by atoms with Crippen LogP contribution < -0.4 is 5.32 Å². The quantitative estimate of drug-likeness (QED) is 0.538. The number of anilines is 1. The predicted octanol–water partition coefficient (Wildman–Crippen LogP) is 3.40. The molecule has 0 saturated carbocycles. The first-order valence-electron chi connectivity index (χ1n) is 9.92. The minimum atomic E-state index is -0.889. The average molecular weight is 420 g/mol. The molecule has 8 nitrogen and oxygen atoms in total. The molecular formula is C24H16N6O2. The van der Waals surface area contributed by atoms with Crippen molar-refractivity contribution in [3.05, 3.63) is 95.2 Å². The Morgan fingerprint density at radius 1 is 1.00 bits per heavy atom. The molecular weight excluding hydrogens is 404 g/mol. The molecule has 0 unspecified atom stereocenters. The molecule has 5 rings (SSSR count).